The van der Waals surface area contributed by atoms with Crippen LogP contribution in [0.4, 0.5) is 17.6 Å². The molecule has 2 heterocycles. The van der Waals surface area contributed by atoms with E-state index in [9.17, 15) is 17.6 Å². The average molecular weight is 500 g/mol. The summed E-state index contributed by atoms with van der Waals surface area (Å²) in [7, 11) is 0. The van der Waals surface area contributed by atoms with Crippen LogP contribution in [0.1, 0.15) is 13.3 Å². The van der Waals surface area contributed by atoms with E-state index < -0.39 is 11.3 Å². The average Bonchev–Trinajstić information content (AvgIpc) is 3.17. The van der Waals surface area contributed by atoms with Crippen molar-refractivity contribution in [2.45, 2.75) is 23.7 Å². The van der Waals surface area contributed by atoms with E-state index in [0.717, 1.165) is 6.07 Å². The number of thioether (sulfide) groups is 1. The third kappa shape index (κ3) is 5.66. The summed E-state index contributed by atoms with van der Waals surface area (Å²) in [5.41, 5.74) is -4.10. The summed E-state index contributed by atoms with van der Waals surface area (Å²) in [5, 5.41) is 0.211. The van der Waals surface area contributed by atoms with E-state index in [1.807, 2.05) is 6.92 Å². The van der Waals surface area contributed by atoms with Crippen LogP contribution in [-0.4, -0.2) is 27.1 Å². The zero-order valence-electron chi connectivity index (χ0n) is 16.8. The molecular formula is C21H14ClF4N3O3S. The van der Waals surface area contributed by atoms with Crippen LogP contribution in [0, 0.1) is 5.82 Å². The number of halogens is 5. The molecule has 4 aromatic rings. The lowest BCUT2D eigenvalue weighted by Gasteiger charge is -2.09. The summed E-state index contributed by atoms with van der Waals surface area (Å²) in [5.74, 6) is -0.421. The Balaban J connectivity index is 1.72. The Morgan fingerprint density at radius 3 is 2.67 bits per heavy atom. The van der Waals surface area contributed by atoms with Gasteiger partial charge in [-0.1, -0.05) is 24.6 Å². The topological polar surface area (TPSA) is 70.3 Å². The Labute approximate surface area is 193 Å². The van der Waals surface area contributed by atoms with Gasteiger partial charge < -0.3 is 13.9 Å². The SMILES string of the molecule is CCCOc1nc(Oc2cccc(SC(F)(F)F)c2)nc2oc(-c3cc(F)ccc3Cl)nc12. The molecule has 0 unspecified atom stereocenters. The van der Waals surface area contributed by atoms with Crippen molar-refractivity contribution >= 4 is 34.6 Å². The van der Waals surface area contributed by atoms with Crippen molar-refractivity contribution in [2.24, 2.45) is 0 Å². The fourth-order valence-corrected chi connectivity index (χ4v) is 3.53. The second kappa shape index (κ2) is 9.44. The van der Waals surface area contributed by atoms with Gasteiger partial charge >= 0.3 is 11.5 Å². The van der Waals surface area contributed by atoms with Gasteiger partial charge in [0.25, 0.3) is 11.6 Å². The van der Waals surface area contributed by atoms with Gasteiger partial charge in [-0.05, 0) is 54.6 Å². The summed E-state index contributed by atoms with van der Waals surface area (Å²) in [4.78, 5) is 12.5. The number of benzene rings is 2. The van der Waals surface area contributed by atoms with Crippen LogP contribution in [0.15, 0.2) is 51.8 Å². The fraction of sp³-hybridized carbons (Fsp3) is 0.190. The van der Waals surface area contributed by atoms with Gasteiger partial charge in [0.2, 0.25) is 5.89 Å². The third-order valence-electron chi connectivity index (χ3n) is 4.06. The molecule has 0 bridgehead atoms. The zero-order valence-corrected chi connectivity index (χ0v) is 18.4. The highest BCUT2D eigenvalue weighted by molar-refractivity contribution is 8.00. The summed E-state index contributed by atoms with van der Waals surface area (Å²) in [6.07, 6.45) is 0.666. The maximum atomic E-state index is 13.7. The van der Waals surface area contributed by atoms with Gasteiger partial charge in [-0.25, -0.2) is 9.37 Å². The second-order valence-corrected chi connectivity index (χ2v) is 8.13. The van der Waals surface area contributed by atoms with Gasteiger partial charge in [0.05, 0.1) is 17.2 Å². The van der Waals surface area contributed by atoms with Crippen LogP contribution in [0.3, 0.4) is 0 Å². The van der Waals surface area contributed by atoms with Crippen molar-refractivity contribution in [3.63, 3.8) is 0 Å². The van der Waals surface area contributed by atoms with E-state index in [1.54, 1.807) is 0 Å². The number of ether oxygens (including phenoxy) is 2. The molecule has 0 atom stereocenters. The van der Waals surface area contributed by atoms with E-state index in [1.165, 1.54) is 36.4 Å². The maximum Gasteiger partial charge on any atom is 0.446 e. The molecule has 0 amide bonds. The monoisotopic (exact) mass is 499 g/mol. The van der Waals surface area contributed by atoms with Crippen molar-refractivity contribution in [3.8, 4) is 29.1 Å². The molecule has 33 heavy (non-hydrogen) atoms. The van der Waals surface area contributed by atoms with Crippen molar-refractivity contribution in [3.05, 3.63) is 53.3 Å². The normalized spacial score (nSPS) is 11.7. The molecule has 0 spiro atoms. The highest BCUT2D eigenvalue weighted by Crippen LogP contribution is 2.39. The van der Waals surface area contributed by atoms with Crippen LogP contribution >= 0.6 is 23.4 Å². The molecule has 0 aliphatic carbocycles. The number of alkyl halides is 3. The standard InChI is InChI=1S/C21H14ClF4N3O3S/c1-2-8-30-18-16-19(32-17(27-16)14-9-11(23)6-7-15(14)22)29-20(28-18)31-12-4-3-5-13(10-12)33-21(24,25)26/h3-7,9-10H,2,8H2,1H3. The Morgan fingerprint density at radius 1 is 1.09 bits per heavy atom. The molecule has 12 heteroatoms. The Kier molecular flexibility index (Phi) is 6.61. The molecule has 0 radical (unpaired) electrons. The summed E-state index contributed by atoms with van der Waals surface area (Å²) >= 11 is 5.87. The van der Waals surface area contributed by atoms with Crippen LogP contribution in [0.25, 0.3) is 22.7 Å². The minimum absolute atomic E-state index is 0.00845. The van der Waals surface area contributed by atoms with E-state index in [0.29, 0.717) is 13.0 Å². The Morgan fingerprint density at radius 2 is 1.91 bits per heavy atom. The summed E-state index contributed by atoms with van der Waals surface area (Å²) in [6.45, 7) is 2.19. The number of hydrogen-bond acceptors (Lipinski definition) is 7. The van der Waals surface area contributed by atoms with Crippen LogP contribution < -0.4 is 9.47 Å². The molecule has 2 aromatic heterocycles. The lowest BCUT2D eigenvalue weighted by atomic mass is 10.2. The Hall–Kier alpha value is -3.05. The smallest absolute Gasteiger partial charge is 0.446 e. The van der Waals surface area contributed by atoms with Gasteiger partial charge in [0.15, 0.2) is 5.52 Å². The molecular weight excluding hydrogens is 486 g/mol. The number of aromatic nitrogens is 3. The van der Waals surface area contributed by atoms with Gasteiger partial charge in [-0.15, -0.1) is 0 Å². The largest absolute Gasteiger partial charge is 0.476 e. The molecule has 0 aliphatic rings. The third-order valence-corrected chi connectivity index (χ3v) is 5.11. The number of nitrogens with zero attached hydrogens (tertiary/aromatic N) is 3. The first-order valence-electron chi connectivity index (χ1n) is 9.52. The molecule has 0 saturated heterocycles. The molecule has 172 valence electrons. The predicted octanol–water partition coefficient (Wildman–Crippen LogP) is 7.27. The van der Waals surface area contributed by atoms with Crippen molar-refractivity contribution in [1.29, 1.82) is 0 Å². The maximum absolute atomic E-state index is 13.7. The van der Waals surface area contributed by atoms with Crippen molar-refractivity contribution in [1.82, 2.24) is 15.0 Å². The van der Waals surface area contributed by atoms with Gasteiger partial charge in [0, 0.05) is 4.90 Å². The number of oxazole rings is 1. The van der Waals surface area contributed by atoms with E-state index >= 15 is 0 Å². The second-order valence-electron chi connectivity index (χ2n) is 6.58. The van der Waals surface area contributed by atoms with E-state index in [2.05, 4.69) is 15.0 Å². The van der Waals surface area contributed by atoms with Crippen LogP contribution in [0.5, 0.6) is 17.6 Å². The predicted molar refractivity (Wildman–Crippen MR) is 114 cm³/mol. The number of rotatable bonds is 7. The highest BCUT2D eigenvalue weighted by atomic mass is 35.5. The quantitative estimate of drug-likeness (QED) is 0.195. The fourth-order valence-electron chi connectivity index (χ4n) is 2.74. The van der Waals surface area contributed by atoms with E-state index in [4.69, 9.17) is 25.5 Å². The number of hydrogen-bond donors (Lipinski definition) is 0. The van der Waals surface area contributed by atoms with Gasteiger partial charge in [-0.3, -0.25) is 0 Å². The first kappa shape index (κ1) is 23.1. The number of fused-ring (bicyclic) bond motifs is 1. The highest BCUT2D eigenvalue weighted by Gasteiger charge is 2.29. The molecule has 0 aliphatic heterocycles. The molecule has 2 aromatic carbocycles. The summed E-state index contributed by atoms with van der Waals surface area (Å²) in [6, 6.07) is 8.87. The zero-order chi connectivity index (χ0) is 23.6. The van der Waals surface area contributed by atoms with Crippen LogP contribution in [-0.2, 0) is 0 Å². The Bertz CT molecular complexity index is 1300. The molecule has 0 saturated carbocycles. The minimum atomic E-state index is -4.44. The van der Waals surface area contributed by atoms with Gasteiger partial charge in [0.1, 0.15) is 11.6 Å². The minimum Gasteiger partial charge on any atom is -0.476 e. The molecule has 0 N–H and O–H groups in total. The lowest BCUT2D eigenvalue weighted by Crippen LogP contribution is -2.01. The first-order chi connectivity index (χ1) is 15.7. The lowest BCUT2D eigenvalue weighted by molar-refractivity contribution is -0.0328. The van der Waals surface area contributed by atoms with Crippen molar-refractivity contribution < 1.29 is 31.5 Å². The molecule has 0 fully saturated rings. The molecule has 4 rings (SSSR count). The summed E-state index contributed by atoms with van der Waals surface area (Å²) < 4.78 is 68.6. The van der Waals surface area contributed by atoms with E-state index in [-0.39, 0.29) is 62.0 Å². The van der Waals surface area contributed by atoms with Crippen LogP contribution in [0.2, 0.25) is 5.02 Å². The molecule has 6 nitrogen and oxygen atoms in total. The first-order valence-corrected chi connectivity index (χ1v) is 10.7. The van der Waals surface area contributed by atoms with Crippen molar-refractivity contribution in [2.75, 3.05) is 6.61 Å². The van der Waals surface area contributed by atoms with Gasteiger partial charge in [-0.2, -0.15) is 23.1 Å².